The first-order chi connectivity index (χ1) is 11.2. The molecule has 2 atom stereocenters. The van der Waals surface area contributed by atoms with Gasteiger partial charge >= 0.3 is 0 Å². The summed E-state index contributed by atoms with van der Waals surface area (Å²) in [5.41, 5.74) is 0.951. The molecule has 0 aliphatic carbocycles. The molecule has 0 spiro atoms. The zero-order valence-electron chi connectivity index (χ0n) is 12.6. The van der Waals surface area contributed by atoms with Gasteiger partial charge in [-0.2, -0.15) is 0 Å². The normalized spacial score (nSPS) is 17.5. The predicted molar refractivity (Wildman–Crippen MR) is 88.1 cm³/mol. The van der Waals surface area contributed by atoms with Crippen LogP contribution in [0, 0.1) is 0 Å². The molecule has 120 valence electrons. The zero-order valence-corrected chi connectivity index (χ0v) is 13.4. The molecule has 23 heavy (non-hydrogen) atoms. The van der Waals surface area contributed by atoms with E-state index in [1.807, 2.05) is 60.7 Å². The Balaban J connectivity index is 1.70. The number of epoxide rings is 1. The highest BCUT2D eigenvalue weighted by Crippen LogP contribution is 2.27. The van der Waals surface area contributed by atoms with Gasteiger partial charge in [0.2, 0.25) is 0 Å². The lowest BCUT2D eigenvalue weighted by Gasteiger charge is -2.33. The van der Waals surface area contributed by atoms with Gasteiger partial charge in [-0.05, 0) is 17.7 Å². The van der Waals surface area contributed by atoms with E-state index in [4.69, 9.17) is 4.74 Å². The van der Waals surface area contributed by atoms with Crippen LogP contribution in [-0.4, -0.2) is 35.5 Å². The van der Waals surface area contributed by atoms with E-state index < -0.39 is 6.09 Å². The first kappa shape index (κ1) is 15.9. The monoisotopic (exact) mass is 328 g/mol. The standard InChI is InChI=1S/C18H19NO3S/c20-18(21)19(11-14-7-3-1-4-8-14)16(17-12-22-17)13-23-15-9-5-2-6-10-15/h1-10,16-17H,11-13H2,(H,20,21)/p-1/t16-,17+/m0/s1. The van der Waals surface area contributed by atoms with Crippen LogP contribution in [0.5, 0.6) is 0 Å². The number of nitrogens with zero attached hydrogens (tertiary/aromatic N) is 1. The Kier molecular flexibility index (Phi) is 5.20. The molecule has 2 aromatic rings. The first-order valence-corrected chi connectivity index (χ1v) is 8.53. The van der Waals surface area contributed by atoms with E-state index in [0.29, 0.717) is 18.9 Å². The van der Waals surface area contributed by atoms with Crippen LogP contribution in [0.4, 0.5) is 4.79 Å². The summed E-state index contributed by atoms with van der Waals surface area (Å²) in [5.74, 6) is 0.648. The van der Waals surface area contributed by atoms with Gasteiger partial charge in [-0.1, -0.05) is 48.5 Å². The van der Waals surface area contributed by atoms with Gasteiger partial charge in [0.25, 0.3) is 0 Å². The van der Waals surface area contributed by atoms with Crippen molar-refractivity contribution in [3.8, 4) is 0 Å². The lowest BCUT2D eigenvalue weighted by Crippen LogP contribution is -2.50. The quantitative estimate of drug-likeness (QED) is 0.578. The Hall–Kier alpha value is -1.98. The summed E-state index contributed by atoms with van der Waals surface area (Å²) < 4.78 is 5.38. The molecule has 1 aliphatic rings. The molecule has 2 aromatic carbocycles. The van der Waals surface area contributed by atoms with Crippen molar-refractivity contribution in [2.75, 3.05) is 12.4 Å². The largest absolute Gasteiger partial charge is 0.530 e. The number of carboxylic acid groups (broad SMARTS) is 1. The van der Waals surface area contributed by atoms with Crippen molar-refractivity contribution < 1.29 is 14.6 Å². The van der Waals surface area contributed by atoms with Crippen LogP contribution in [0.3, 0.4) is 0 Å². The Bertz CT molecular complexity index is 631. The molecule has 5 heteroatoms. The fraction of sp³-hybridized carbons (Fsp3) is 0.278. The Labute approximate surface area is 140 Å². The molecule has 0 radical (unpaired) electrons. The van der Waals surface area contributed by atoms with Crippen molar-refractivity contribution in [3.05, 3.63) is 66.2 Å². The van der Waals surface area contributed by atoms with E-state index >= 15 is 0 Å². The van der Waals surface area contributed by atoms with Gasteiger partial charge in [0, 0.05) is 17.2 Å². The highest BCUT2D eigenvalue weighted by molar-refractivity contribution is 7.99. The van der Waals surface area contributed by atoms with E-state index in [2.05, 4.69) is 0 Å². The maximum absolute atomic E-state index is 11.6. The number of rotatable bonds is 7. The van der Waals surface area contributed by atoms with Crippen molar-refractivity contribution in [2.45, 2.75) is 23.6 Å². The molecular weight excluding hydrogens is 310 g/mol. The second-order valence-corrected chi connectivity index (χ2v) is 6.54. The number of ether oxygens (including phenoxy) is 1. The smallest absolute Gasteiger partial charge is 0.137 e. The number of hydrogen-bond donors (Lipinski definition) is 0. The van der Waals surface area contributed by atoms with Crippen LogP contribution in [0.1, 0.15) is 5.56 Å². The number of thioether (sulfide) groups is 1. The third kappa shape index (κ3) is 4.50. The molecule has 4 nitrogen and oxygen atoms in total. The number of carbonyl (C=O) groups excluding carboxylic acids is 1. The number of carbonyl (C=O) groups is 1. The Morgan fingerprint density at radius 3 is 2.35 bits per heavy atom. The zero-order chi connectivity index (χ0) is 16.1. The van der Waals surface area contributed by atoms with Gasteiger partial charge < -0.3 is 19.5 Å². The van der Waals surface area contributed by atoms with E-state index in [-0.39, 0.29) is 12.1 Å². The molecule has 0 bridgehead atoms. The van der Waals surface area contributed by atoms with Gasteiger partial charge in [-0.15, -0.1) is 11.8 Å². The molecule has 0 aromatic heterocycles. The second kappa shape index (κ2) is 7.53. The third-order valence-electron chi connectivity index (χ3n) is 3.78. The molecule has 1 amide bonds. The van der Waals surface area contributed by atoms with Gasteiger partial charge in [0.1, 0.15) is 12.2 Å². The average Bonchev–Trinajstić information content (AvgIpc) is 3.41. The third-order valence-corrected chi connectivity index (χ3v) is 4.90. The minimum absolute atomic E-state index is 0.0344. The Morgan fingerprint density at radius 1 is 1.17 bits per heavy atom. The highest BCUT2D eigenvalue weighted by atomic mass is 32.2. The fourth-order valence-corrected chi connectivity index (χ4v) is 3.58. The lowest BCUT2D eigenvalue weighted by molar-refractivity contribution is -0.268. The summed E-state index contributed by atoms with van der Waals surface area (Å²) in [6.45, 7) is 0.932. The van der Waals surface area contributed by atoms with E-state index in [1.54, 1.807) is 11.8 Å². The number of amides is 1. The summed E-state index contributed by atoms with van der Waals surface area (Å²) in [6, 6.07) is 19.3. The molecule has 0 unspecified atom stereocenters. The fourth-order valence-electron chi connectivity index (χ4n) is 2.47. The molecule has 1 aliphatic heterocycles. The SMILES string of the molecule is O=C([O-])N(Cc1ccccc1)[C@@H](CSc1ccccc1)[C@H]1CO1. The lowest BCUT2D eigenvalue weighted by atomic mass is 10.1. The summed E-state index contributed by atoms with van der Waals surface area (Å²) in [7, 11) is 0. The number of hydrogen-bond acceptors (Lipinski definition) is 4. The van der Waals surface area contributed by atoms with Crippen LogP contribution in [0.15, 0.2) is 65.6 Å². The van der Waals surface area contributed by atoms with Gasteiger partial charge in [0.05, 0.1) is 12.6 Å². The van der Waals surface area contributed by atoms with Crippen LogP contribution in [0.25, 0.3) is 0 Å². The van der Waals surface area contributed by atoms with Crippen molar-refractivity contribution in [2.24, 2.45) is 0 Å². The van der Waals surface area contributed by atoms with Crippen molar-refractivity contribution >= 4 is 17.9 Å². The highest BCUT2D eigenvalue weighted by Gasteiger charge is 2.37. The van der Waals surface area contributed by atoms with E-state index in [0.717, 1.165) is 10.5 Å². The van der Waals surface area contributed by atoms with Crippen LogP contribution < -0.4 is 5.11 Å². The molecular formula is C18H18NO3S-. The predicted octanol–water partition coefficient (Wildman–Crippen LogP) is 2.39. The summed E-state index contributed by atoms with van der Waals surface area (Å²) >= 11 is 1.64. The summed E-state index contributed by atoms with van der Waals surface area (Å²) in [5, 5.41) is 11.6. The molecule has 3 rings (SSSR count). The molecule has 0 N–H and O–H groups in total. The minimum Gasteiger partial charge on any atom is -0.530 e. The topological polar surface area (TPSA) is 55.9 Å². The maximum Gasteiger partial charge on any atom is 0.137 e. The van der Waals surface area contributed by atoms with Crippen molar-refractivity contribution in [1.82, 2.24) is 4.90 Å². The summed E-state index contributed by atoms with van der Waals surface area (Å²) in [4.78, 5) is 14.2. The van der Waals surface area contributed by atoms with Crippen LogP contribution in [0.2, 0.25) is 0 Å². The van der Waals surface area contributed by atoms with Gasteiger partial charge in [0.15, 0.2) is 0 Å². The summed E-state index contributed by atoms with van der Waals surface area (Å²) in [6.07, 6.45) is -1.18. The molecule has 1 fully saturated rings. The van der Waals surface area contributed by atoms with Crippen LogP contribution in [-0.2, 0) is 11.3 Å². The molecule has 0 saturated carbocycles. The first-order valence-electron chi connectivity index (χ1n) is 7.55. The van der Waals surface area contributed by atoms with Crippen molar-refractivity contribution in [1.29, 1.82) is 0 Å². The van der Waals surface area contributed by atoms with E-state index in [9.17, 15) is 9.90 Å². The van der Waals surface area contributed by atoms with E-state index in [1.165, 1.54) is 4.90 Å². The van der Waals surface area contributed by atoms with Crippen LogP contribution >= 0.6 is 11.8 Å². The van der Waals surface area contributed by atoms with Crippen molar-refractivity contribution in [3.63, 3.8) is 0 Å². The maximum atomic E-state index is 11.6. The molecule has 1 heterocycles. The van der Waals surface area contributed by atoms with Gasteiger partial charge in [-0.25, -0.2) is 0 Å². The Morgan fingerprint density at radius 2 is 1.78 bits per heavy atom. The number of benzene rings is 2. The molecule has 1 saturated heterocycles. The van der Waals surface area contributed by atoms with Gasteiger partial charge in [-0.3, -0.25) is 0 Å². The minimum atomic E-state index is -1.15. The second-order valence-electron chi connectivity index (χ2n) is 5.44. The average molecular weight is 328 g/mol.